The Morgan fingerprint density at radius 1 is 1.45 bits per heavy atom. The summed E-state index contributed by atoms with van der Waals surface area (Å²) in [5, 5.41) is 13.0. The lowest BCUT2D eigenvalue weighted by atomic mass is 10.1. The molecule has 0 fully saturated rings. The Morgan fingerprint density at radius 3 is 2.80 bits per heavy atom. The highest BCUT2D eigenvalue weighted by molar-refractivity contribution is 6.07. The van der Waals surface area contributed by atoms with Gasteiger partial charge in [-0.3, -0.25) is 4.79 Å². The van der Waals surface area contributed by atoms with Crippen LogP contribution in [0.5, 0.6) is 0 Å². The minimum atomic E-state index is -0.229. The number of aromatic nitrogens is 1. The van der Waals surface area contributed by atoms with Crippen LogP contribution in [0, 0.1) is 0 Å². The number of anilines is 1. The first kappa shape index (κ1) is 14.3. The molecule has 0 aliphatic carbocycles. The van der Waals surface area contributed by atoms with Crippen molar-refractivity contribution in [1.82, 2.24) is 9.88 Å². The van der Waals surface area contributed by atoms with Crippen molar-refractivity contribution in [2.75, 3.05) is 26.0 Å². The Morgan fingerprint density at radius 2 is 2.15 bits per heavy atom. The van der Waals surface area contributed by atoms with Crippen LogP contribution in [0.1, 0.15) is 17.3 Å². The van der Waals surface area contributed by atoms with Gasteiger partial charge in [0.05, 0.1) is 23.7 Å². The highest BCUT2D eigenvalue weighted by Crippen LogP contribution is 2.22. The van der Waals surface area contributed by atoms with Crippen molar-refractivity contribution in [3.63, 3.8) is 0 Å². The van der Waals surface area contributed by atoms with Crippen molar-refractivity contribution in [1.29, 1.82) is 0 Å². The summed E-state index contributed by atoms with van der Waals surface area (Å²) < 4.78 is 0. The number of hydrogen-bond acceptors (Lipinski definition) is 4. The van der Waals surface area contributed by atoms with Gasteiger partial charge in [0.15, 0.2) is 0 Å². The number of carbonyl (C=O) groups is 1. The third-order valence-corrected chi connectivity index (χ3v) is 3.45. The van der Waals surface area contributed by atoms with Gasteiger partial charge < -0.3 is 15.3 Å². The first-order chi connectivity index (χ1) is 9.58. The van der Waals surface area contributed by atoms with E-state index in [1.807, 2.05) is 24.3 Å². The van der Waals surface area contributed by atoms with Gasteiger partial charge in [0.25, 0.3) is 5.91 Å². The number of nitrogens with zero attached hydrogens (tertiary/aromatic N) is 2. The monoisotopic (exact) mass is 273 g/mol. The molecule has 5 heteroatoms. The lowest BCUT2D eigenvalue weighted by Gasteiger charge is -2.24. The van der Waals surface area contributed by atoms with Crippen molar-refractivity contribution in [2.24, 2.45) is 0 Å². The van der Waals surface area contributed by atoms with E-state index in [-0.39, 0.29) is 18.6 Å². The lowest BCUT2D eigenvalue weighted by molar-refractivity contribution is 0.0684. The SMILES string of the molecule is CNc1cc(C(=O)N(C)C(C)CO)c2ccccc2n1. The second-order valence-electron chi connectivity index (χ2n) is 4.77. The lowest BCUT2D eigenvalue weighted by Crippen LogP contribution is -2.37. The number of para-hydroxylation sites is 1. The third-order valence-electron chi connectivity index (χ3n) is 3.45. The van der Waals surface area contributed by atoms with Crippen LogP contribution in [0.25, 0.3) is 10.9 Å². The summed E-state index contributed by atoms with van der Waals surface area (Å²) in [6.07, 6.45) is 0. The predicted octanol–water partition coefficient (Wildman–Crippen LogP) is 1.73. The minimum absolute atomic E-state index is 0.0653. The smallest absolute Gasteiger partial charge is 0.254 e. The third kappa shape index (κ3) is 2.58. The molecule has 106 valence electrons. The molecular weight excluding hydrogens is 254 g/mol. The van der Waals surface area contributed by atoms with Crippen molar-refractivity contribution in [3.05, 3.63) is 35.9 Å². The second kappa shape index (κ2) is 5.88. The Hall–Kier alpha value is -2.14. The zero-order valence-electron chi connectivity index (χ0n) is 11.9. The molecular formula is C15H19N3O2. The number of aliphatic hydroxyl groups is 1. The van der Waals surface area contributed by atoms with Crippen LogP contribution in [-0.4, -0.2) is 47.6 Å². The molecule has 1 atom stereocenters. The van der Waals surface area contributed by atoms with Gasteiger partial charge in [-0.15, -0.1) is 0 Å². The Kier molecular flexibility index (Phi) is 4.20. The molecule has 5 nitrogen and oxygen atoms in total. The van der Waals surface area contributed by atoms with Crippen molar-refractivity contribution >= 4 is 22.6 Å². The number of amides is 1. The molecule has 0 aliphatic heterocycles. The van der Waals surface area contributed by atoms with Crippen LogP contribution in [0.4, 0.5) is 5.82 Å². The average Bonchev–Trinajstić information content (AvgIpc) is 2.51. The summed E-state index contributed by atoms with van der Waals surface area (Å²) in [6, 6.07) is 9.05. The predicted molar refractivity (Wildman–Crippen MR) is 79.9 cm³/mol. The Balaban J connectivity index is 2.54. The molecule has 2 aromatic rings. The van der Waals surface area contributed by atoms with Crippen LogP contribution in [0.15, 0.2) is 30.3 Å². The summed E-state index contributed by atoms with van der Waals surface area (Å²) in [7, 11) is 3.46. The van der Waals surface area contributed by atoms with Gasteiger partial charge in [0.1, 0.15) is 5.82 Å². The van der Waals surface area contributed by atoms with Crippen LogP contribution in [-0.2, 0) is 0 Å². The quantitative estimate of drug-likeness (QED) is 0.890. The molecule has 0 saturated heterocycles. The van der Waals surface area contributed by atoms with Gasteiger partial charge in [0.2, 0.25) is 0 Å². The number of fused-ring (bicyclic) bond motifs is 1. The first-order valence-corrected chi connectivity index (χ1v) is 6.54. The van der Waals surface area contributed by atoms with E-state index in [1.165, 1.54) is 0 Å². The number of aliphatic hydroxyl groups excluding tert-OH is 1. The molecule has 0 spiro atoms. The zero-order valence-corrected chi connectivity index (χ0v) is 11.9. The van der Waals surface area contributed by atoms with E-state index in [9.17, 15) is 9.90 Å². The molecule has 2 N–H and O–H groups in total. The molecule has 2 rings (SSSR count). The van der Waals surface area contributed by atoms with Crippen LogP contribution in [0.2, 0.25) is 0 Å². The number of carbonyl (C=O) groups excluding carboxylic acids is 1. The number of benzene rings is 1. The molecule has 20 heavy (non-hydrogen) atoms. The van der Waals surface area contributed by atoms with Gasteiger partial charge in [-0.05, 0) is 19.1 Å². The standard InChI is InChI=1S/C15H19N3O2/c1-10(9-19)18(3)15(20)12-8-14(16-2)17-13-7-5-4-6-11(12)13/h4-8,10,19H,9H2,1-3H3,(H,16,17). The van der Waals surface area contributed by atoms with Crippen LogP contribution >= 0.6 is 0 Å². The zero-order chi connectivity index (χ0) is 14.7. The molecule has 1 aromatic heterocycles. The number of rotatable bonds is 4. The number of hydrogen-bond donors (Lipinski definition) is 2. The number of nitrogens with one attached hydrogen (secondary N) is 1. The Bertz CT molecular complexity index is 628. The molecule has 0 aliphatic rings. The van der Waals surface area contributed by atoms with Gasteiger partial charge in [-0.25, -0.2) is 4.98 Å². The van der Waals surface area contributed by atoms with Gasteiger partial charge in [0, 0.05) is 19.5 Å². The van der Waals surface area contributed by atoms with E-state index in [1.54, 1.807) is 32.0 Å². The highest BCUT2D eigenvalue weighted by Gasteiger charge is 2.20. The summed E-state index contributed by atoms with van der Waals surface area (Å²) in [4.78, 5) is 18.6. The second-order valence-corrected chi connectivity index (χ2v) is 4.77. The van der Waals surface area contributed by atoms with Crippen LogP contribution in [0.3, 0.4) is 0 Å². The van der Waals surface area contributed by atoms with E-state index in [0.29, 0.717) is 11.4 Å². The molecule has 1 amide bonds. The normalized spacial score (nSPS) is 12.2. The maximum Gasteiger partial charge on any atom is 0.254 e. The summed E-state index contributed by atoms with van der Waals surface area (Å²) >= 11 is 0. The fourth-order valence-electron chi connectivity index (χ4n) is 1.99. The molecule has 1 unspecified atom stereocenters. The average molecular weight is 273 g/mol. The van der Waals surface area contributed by atoms with Crippen LogP contribution < -0.4 is 5.32 Å². The fourth-order valence-corrected chi connectivity index (χ4v) is 1.99. The van der Waals surface area contributed by atoms with Gasteiger partial charge in [-0.2, -0.15) is 0 Å². The fraction of sp³-hybridized carbons (Fsp3) is 0.333. The van der Waals surface area contributed by atoms with Crippen molar-refractivity contribution < 1.29 is 9.90 Å². The number of pyridine rings is 1. The number of likely N-dealkylation sites (N-methyl/N-ethyl adjacent to an activating group) is 1. The van der Waals surface area contributed by atoms with E-state index < -0.39 is 0 Å². The van der Waals surface area contributed by atoms with Gasteiger partial charge in [-0.1, -0.05) is 18.2 Å². The summed E-state index contributed by atoms with van der Waals surface area (Å²) in [5.74, 6) is 0.527. The molecule has 1 aromatic carbocycles. The molecule has 0 saturated carbocycles. The maximum atomic E-state index is 12.6. The summed E-state index contributed by atoms with van der Waals surface area (Å²) in [5.41, 5.74) is 1.36. The molecule has 0 bridgehead atoms. The Labute approximate surface area is 118 Å². The molecule has 0 radical (unpaired) electrons. The largest absolute Gasteiger partial charge is 0.394 e. The van der Waals surface area contributed by atoms with Crippen molar-refractivity contribution in [2.45, 2.75) is 13.0 Å². The van der Waals surface area contributed by atoms with Crippen molar-refractivity contribution in [3.8, 4) is 0 Å². The summed E-state index contributed by atoms with van der Waals surface area (Å²) in [6.45, 7) is 1.74. The van der Waals surface area contributed by atoms with Gasteiger partial charge >= 0.3 is 0 Å². The highest BCUT2D eigenvalue weighted by atomic mass is 16.3. The molecule has 1 heterocycles. The van der Waals surface area contributed by atoms with E-state index in [4.69, 9.17) is 0 Å². The van der Waals surface area contributed by atoms with E-state index in [2.05, 4.69) is 10.3 Å². The topological polar surface area (TPSA) is 65.5 Å². The van der Waals surface area contributed by atoms with E-state index >= 15 is 0 Å². The maximum absolute atomic E-state index is 12.6. The minimum Gasteiger partial charge on any atom is -0.394 e. The first-order valence-electron chi connectivity index (χ1n) is 6.54. The van der Waals surface area contributed by atoms with E-state index in [0.717, 1.165) is 10.9 Å².